The van der Waals surface area contributed by atoms with Gasteiger partial charge in [-0.15, -0.1) is 0 Å². The zero-order valence-corrected chi connectivity index (χ0v) is 10.6. The quantitative estimate of drug-likeness (QED) is 0.714. The summed E-state index contributed by atoms with van der Waals surface area (Å²) in [4.78, 5) is 33.4. The minimum absolute atomic E-state index is 0.0505. The number of likely N-dealkylation sites (tertiary alicyclic amines) is 1. The van der Waals surface area contributed by atoms with Crippen LogP contribution in [-0.4, -0.2) is 29.9 Å². The van der Waals surface area contributed by atoms with E-state index in [4.69, 9.17) is 0 Å². The van der Waals surface area contributed by atoms with Crippen molar-refractivity contribution < 1.29 is 9.59 Å². The predicted octanol–water partition coefficient (Wildman–Crippen LogP) is -0.0215. The van der Waals surface area contributed by atoms with E-state index in [0.717, 1.165) is 16.3 Å². The third-order valence-electron chi connectivity index (χ3n) is 3.56. The molecule has 5 nitrogen and oxygen atoms in total. The number of piperidine rings is 1. The molecule has 1 aromatic carbocycles. The molecule has 0 N–H and O–H groups in total. The van der Waals surface area contributed by atoms with Crippen LogP contribution in [0.5, 0.6) is 0 Å². The SMILES string of the molecule is O=C1CCCC(=O)N1CCc1cccc2c1=NCN=2. The normalized spacial score (nSPS) is 18.0. The van der Waals surface area contributed by atoms with Crippen molar-refractivity contribution in [2.45, 2.75) is 25.7 Å². The summed E-state index contributed by atoms with van der Waals surface area (Å²) in [5.74, 6) is -0.101. The first-order chi connectivity index (χ1) is 9.25. The Morgan fingerprint density at radius 3 is 2.68 bits per heavy atom. The first-order valence-corrected chi connectivity index (χ1v) is 6.56. The molecule has 1 saturated heterocycles. The number of carbonyl (C=O) groups is 2. The van der Waals surface area contributed by atoms with Gasteiger partial charge in [0.05, 0.1) is 10.7 Å². The summed E-state index contributed by atoms with van der Waals surface area (Å²) in [6.45, 7) is 0.928. The topological polar surface area (TPSA) is 62.1 Å². The number of nitrogens with zero attached hydrogens (tertiary/aromatic N) is 3. The predicted molar refractivity (Wildman–Crippen MR) is 67.9 cm³/mol. The second-order valence-corrected chi connectivity index (χ2v) is 4.79. The van der Waals surface area contributed by atoms with Gasteiger partial charge in [-0.25, -0.2) is 0 Å². The van der Waals surface area contributed by atoms with Gasteiger partial charge in [0, 0.05) is 19.4 Å². The molecule has 0 spiro atoms. The summed E-state index contributed by atoms with van der Waals surface area (Å²) < 4.78 is 0. The van der Waals surface area contributed by atoms with Gasteiger partial charge in [-0.2, -0.15) is 0 Å². The third kappa shape index (κ3) is 2.28. The maximum absolute atomic E-state index is 11.7. The number of carbonyl (C=O) groups excluding carboxylic acids is 2. The lowest BCUT2D eigenvalue weighted by molar-refractivity contribution is -0.147. The van der Waals surface area contributed by atoms with E-state index in [1.807, 2.05) is 18.2 Å². The highest BCUT2D eigenvalue weighted by molar-refractivity contribution is 5.97. The van der Waals surface area contributed by atoms with Gasteiger partial charge >= 0.3 is 0 Å². The van der Waals surface area contributed by atoms with Crippen LogP contribution in [0.3, 0.4) is 0 Å². The van der Waals surface area contributed by atoms with Crippen LogP contribution >= 0.6 is 0 Å². The van der Waals surface area contributed by atoms with Gasteiger partial charge in [0.25, 0.3) is 0 Å². The van der Waals surface area contributed by atoms with Crippen LogP contribution in [0.2, 0.25) is 0 Å². The number of fused-ring (bicyclic) bond motifs is 1. The maximum Gasteiger partial charge on any atom is 0.229 e. The van der Waals surface area contributed by atoms with Crippen molar-refractivity contribution in [3.8, 4) is 0 Å². The van der Waals surface area contributed by atoms with Crippen molar-refractivity contribution in [3.63, 3.8) is 0 Å². The van der Waals surface area contributed by atoms with E-state index in [-0.39, 0.29) is 11.8 Å². The second kappa shape index (κ2) is 4.91. The zero-order chi connectivity index (χ0) is 13.2. The average Bonchev–Trinajstić information content (AvgIpc) is 2.87. The number of rotatable bonds is 3. The molecular weight excluding hydrogens is 242 g/mol. The standard InChI is InChI=1S/C14H15N3O2/c18-12-5-2-6-13(19)17(12)8-7-10-3-1-4-11-14(10)16-9-15-11/h1,3-4H,2,5-9H2. The van der Waals surface area contributed by atoms with Crippen LogP contribution in [-0.2, 0) is 16.0 Å². The number of benzene rings is 1. The van der Waals surface area contributed by atoms with Crippen LogP contribution in [0.1, 0.15) is 24.8 Å². The van der Waals surface area contributed by atoms with Crippen molar-refractivity contribution in [1.82, 2.24) is 4.90 Å². The fourth-order valence-corrected chi connectivity index (χ4v) is 2.55. The molecule has 3 rings (SSSR count). The molecule has 0 aromatic heterocycles. The second-order valence-electron chi connectivity index (χ2n) is 4.79. The molecular formula is C14H15N3O2. The van der Waals surface area contributed by atoms with Crippen molar-refractivity contribution >= 4 is 11.8 Å². The van der Waals surface area contributed by atoms with Crippen LogP contribution in [0.15, 0.2) is 28.2 Å². The van der Waals surface area contributed by atoms with Crippen molar-refractivity contribution in [2.24, 2.45) is 9.98 Å². The van der Waals surface area contributed by atoms with E-state index in [2.05, 4.69) is 9.98 Å². The molecule has 1 aromatic rings. The molecule has 2 aliphatic rings. The molecule has 0 unspecified atom stereocenters. The van der Waals surface area contributed by atoms with E-state index < -0.39 is 0 Å². The maximum atomic E-state index is 11.7. The van der Waals surface area contributed by atoms with Crippen molar-refractivity contribution in [3.05, 3.63) is 34.5 Å². The number of hydrogen-bond acceptors (Lipinski definition) is 4. The van der Waals surface area contributed by atoms with Gasteiger partial charge in [-0.3, -0.25) is 24.5 Å². The first-order valence-electron chi connectivity index (χ1n) is 6.56. The first kappa shape index (κ1) is 12.0. The average molecular weight is 257 g/mol. The molecule has 2 amide bonds. The summed E-state index contributed by atoms with van der Waals surface area (Å²) in [5, 5.41) is 1.83. The van der Waals surface area contributed by atoms with Crippen LogP contribution in [0.4, 0.5) is 0 Å². The Labute approximate surface area is 110 Å². The van der Waals surface area contributed by atoms with Crippen LogP contribution in [0.25, 0.3) is 0 Å². The minimum Gasteiger partial charge on any atom is -0.282 e. The number of hydrogen-bond donors (Lipinski definition) is 0. The molecule has 2 aliphatic heterocycles. The number of para-hydroxylation sites is 1. The van der Waals surface area contributed by atoms with Gasteiger partial charge in [-0.05, 0) is 24.5 Å². The molecule has 0 saturated carbocycles. The van der Waals surface area contributed by atoms with Crippen molar-refractivity contribution in [2.75, 3.05) is 13.2 Å². The van der Waals surface area contributed by atoms with Gasteiger partial charge in [0.15, 0.2) is 0 Å². The molecule has 0 atom stereocenters. The Bertz CT molecular complexity index is 635. The Kier molecular flexibility index (Phi) is 3.11. The monoisotopic (exact) mass is 257 g/mol. The fourth-order valence-electron chi connectivity index (χ4n) is 2.55. The zero-order valence-electron chi connectivity index (χ0n) is 10.6. The molecule has 0 bridgehead atoms. The van der Waals surface area contributed by atoms with Gasteiger partial charge in [0.2, 0.25) is 11.8 Å². The largest absolute Gasteiger partial charge is 0.282 e. The van der Waals surface area contributed by atoms with E-state index in [9.17, 15) is 9.59 Å². The van der Waals surface area contributed by atoms with Crippen molar-refractivity contribution in [1.29, 1.82) is 0 Å². The number of amides is 2. The molecule has 98 valence electrons. The highest BCUT2D eigenvalue weighted by atomic mass is 16.2. The van der Waals surface area contributed by atoms with Gasteiger partial charge < -0.3 is 0 Å². The fraction of sp³-hybridized carbons (Fsp3) is 0.429. The van der Waals surface area contributed by atoms with E-state index in [0.29, 0.717) is 38.9 Å². The lowest BCUT2D eigenvalue weighted by Gasteiger charge is -2.24. The Morgan fingerprint density at radius 1 is 1.11 bits per heavy atom. The summed E-state index contributed by atoms with van der Waals surface area (Å²) in [6.07, 6.45) is 2.31. The Hall–Kier alpha value is -2.04. The summed E-state index contributed by atoms with van der Waals surface area (Å²) in [6, 6.07) is 5.87. The summed E-state index contributed by atoms with van der Waals surface area (Å²) in [5.41, 5.74) is 1.06. The lowest BCUT2D eigenvalue weighted by Crippen LogP contribution is -2.42. The number of imide groups is 1. The van der Waals surface area contributed by atoms with Gasteiger partial charge in [0.1, 0.15) is 6.67 Å². The molecule has 0 aliphatic carbocycles. The minimum atomic E-state index is -0.0505. The lowest BCUT2D eigenvalue weighted by atomic mass is 10.1. The van der Waals surface area contributed by atoms with Gasteiger partial charge in [-0.1, -0.05) is 12.1 Å². The highest BCUT2D eigenvalue weighted by Crippen LogP contribution is 2.12. The molecule has 0 radical (unpaired) electrons. The molecule has 5 heteroatoms. The smallest absolute Gasteiger partial charge is 0.229 e. The van der Waals surface area contributed by atoms with E-state index in [1.54, 1.807) is 0 Å². The molecule has 1 fully saturated rings. The van der Waals surface area contributed by atoms with E-state index in [1.165, 1.54) is 4.90 Å². The van der Waals surface area contributed by atoms with Crippen LogP contribution < -0.4 is 10.7 Å². The van der Waals surface area contributed by atoms with Crippen LogP contribution in [0, 0.1) is 0 Å². The van der Waals surface area contributed by atoms with E-state index >= 15 is 0 Å². The Balaban J connectivity index is 1.77. The summed E-state index contributed by atoms with van der Waals surface area (Å²) >= 11 is 0. The summed E-state index contributed by atoms with van der Waals surface area (Å²) in [7, 11) is 0. The molecule has 19 heavy (non-hydrogen) atoms. The Morgan fingerprint density at radius 2 is 1.89 bits per heavy atom. The molecule has 2 heterocycles. The highest BCUT2D eigenvalue weighted by Gasteiger charge is 2.25. The third-order valence-corrected chi connectivity index (χ3v) is 3.56.